The SMILES string of the molecule is COc1cccc2[nH]cc(C[C@H](OC)C(=O)N[C@@H](CCC(=O)C=[N+]=[N-])C(=O)O)c12. The Balaban J connectivity index is 2.12. The number of ether oxygens (including phenoxy) is 2. The molecule has 10 nitrogen and oxygen atoms in total. The van der Waals surface area contributed by atoms with Crippen LogP contribution < -0.4 is 10.1 Å². The monoisotopic (exact) mass is 402 g/mol. The summed E-state index contributed by atoms with van der Waals surface area (Å²) in [7, 11) is 2.90. The molecule has 10 heteroatoms. The summed E-state index contributed by atoms with van der Waals surface area (Å²) in [5, 5.41) is 12.5. The number of ketones is 1. The number of amides is 1. The summed E-state index contributed by atoms with van der Waals surface area (Å²) in [5.41, 5.74) is 9.94. The summed E-state index contributed by atoms with van der Waals surface area (Å²) in [5.74, 6) is -1.81. The number of rotatable bonds is 11. The highest BCUT2D eigenvalue weighted by Gasteiger charge is 2.27. The molecule has 0 spiro atoms. The van der Waals surface area contributed by atoms with Gasteiger partial charge in [0.2, 0.25) is 11.7 Å². The van der Waals surface area contributed by atoms with Gasteiger partial charge in [-0.3, -0.25) is 9.59 Å². The zero-order valence-electron chi connectivity index (χ0n) is 16.0. The van der Waals surface area contributed by atoms with Crippen LogP contribution in [0.2, 0.25) is 0 Å². The van der Waals surface area contributed by atoms with Gasteiger partial charge in [-0.05, 0) is 24.1 Å². The molecule has 1 amide bonds. The lowest BCUT2D eigenvalue weighted by Gasteiger charge is -2.19. The van der Waals surface area contributed by atoms with Gasteiger partial charge in [-0.2, -0.15) is 4.79 Å². The molecule has 0 aliphatic rings. The molecule has 2 rings (SSSR count). The minimum absolute atomic E-state index is 0.150. The number of aromatic nitrogens is 1. The number of aliphatic carboxylic acids is 1. The quantitative estimate of drug-likeness (QED) is 0.289. The van der Waals surface area contributed by atoms with Crippen molar-refractivity contribution in [3.8, 4) is 5.75 Å². The van der Waals surface area contributed by atoms with Crippen LogP contribution in [0.15, 0.2) is 24.4 Å². The Kier molecular flexibility index (Phi) is 7.64. The maximum absolute atomic E-state index is 12.6. The van der Waals surface area contributed by atoms with Crippen LogP contribution >= 0.6 is 0 Å². The van der Waals surface area contributed by atoms with Crippen molar-refractivity contribution < 1.29 is 33.8 Å². The molecule has 1 heterocycles. The van der Waals surface area contributed by atoms with E-state index in [2.05, 4.69) is 15.1 Å². The fraction of sp³-hybridized carbons (Fsp3) is 0.368. The summed E-state index contributed by atoms with van der Waals surface area (Å²) in [6, 6.07) is 4.22. The summed E-state index contributed by atoms with van der Waals surface area (Å²) in [4.78, 5) is 41.1. The number of Topliss-reactive ketones (excluding diaryl/α,β-unsaturated/α-hetero) is 1. The molecule has 154 valence electrons. The molecule has 2 atom stereocenters. The molecule has 0 saturated carbocycles. The van der Waals surface area contributed by atoms with E-state index in [9.17, 15) is 19.5 Å². The van der Waals surface area contributed by atoms with Gasteiger partial charge < -0.3 is 30.4 Å². The Bertz CT molecular complexity index is 947. The van der Waals surface area contributed by atoms with Crippen LogP contribution in [0.5, 0.6) is 5.75 Å². The predicted octanol–water partition coefficient (Wildman–Crippen LogP) is 0.953. The molecule has 1 aromatic carbocycles. The van der Waals surface area contributed by atoms with Crippen molar-refractivity contribution in [3.05, 3.63) is 35.5 Å². The number of methoxy groups -OCH3 is 2. The first kappa shape index (κ1) is 21.8. The molecule has 3 N–H and O–H groups in total. The topological polar surface area (TPSA) is 154 Å². The lowest BCUT2D eigenvalue weighted by molar-refractivity contribution is -0.144. The number of aromatic amines is 1. The zero-order valence-corrected chi connectivity index (χ0v) is 16.0. The number of fused-ring (bicyclic) bond motifs is 1. The standard InChI is InChI=1S/C19H22N4O6/c1-28-15-5-3-4-13-17(15)11(9-21-13)8-16(29-2)18(25)23-14(19(26)27)7-6-12(24)10-22-20/h3-5,9-10,14,16,21H,6-8H2,1-2H3,(H,23,25)(H,26,27)/t14-,16-/m0/s1. The third kappa shape index (κ3) is 5.50. The number of H-pyrrole nitrogens is 1. The first-order valence-electron chi connectivity index (χ1n) is 8.80. The molecule has 29 heavy (non-hydrogen) atoms. The van der Waals surface area contributed by atoms with Crippen molar-refractivity contribution >= 4 is 34.8 Å². The molecular weight excluding hydrogens is 380 g/mol. The van der Waals surface area contributed by atoms with E-state index in [1.165, 1.54) is 7.11 Å². The summed E-state index contributed by atoms with van der Waals surface area (Å²) in [6.07, 6.45) is 1.32. The zero-order chi connectivity index (χ0) is 21.4. The minimum atomic E-state index is -1.28. The predicted molar refractivity (Wildman–Crippen MR) is 103 cm³/mol. The lowest BCUT2D eigenvalue weighted by Crippen LogP contribution is -2.46. The van der Waals surface area contributed by atoms with Crippen LogP contribution in [0.4, 0.5) is 0 Å². The van der Waals surface area contributed by atoms with Gasteiger partial charge >= 0.3 is 12.2 Å². The smallest absolute Gasteiger partial charge is 0.326 e. The molecule has 0 unspecified atom stereocenters. The Morgan fingerprint density at radius 3 is 2.72 bits per heavy atom. The Hall–Kier alpha value is -3.49. The number of nitrogens with zero attached hydrogens (tertiary/aromatic N) is 2. The number of carboxylic acid groups (broad SMARTS) is 1. The average molecular weight is 402 g/mol. The molecule has 0 aliphatic heterocycles. The Morgan fingerprint density at radius 2 is 2.10 bits per heavy atom. The highest BCUT2D eigenvalue weighted by atomic mass is 16.5. The number of carbonyl (C=O) groups is 3. The van der Waals surface area contributed by atoms with E-state index in [0.717, 1.165) is 16.5 Å². The molecule has 2 aromatic rings. The molecular formula is C19H22N4O6. The lowest BCUT2D eigenvalue weighted by atomic mass is 10.0. The maximum atomic E-state index is 12.6. The molecule has 0 saturated heterocycles. The van der Waals surface area contributed by atoms with E-state index < -0.39 is 29.8 Å². The number of hydrogen-bond acceptors (Lipinski definition) is 5. The second kappa shape index (κ2) is 10.2. The Morgan fingerprint density at radius 1 is 1.34 bits per heavy atom. The first-order valence-corrected chi connectivity index (χ1v) is 8.80. The number of carboxylic acids is 1. The molecule has 0 radical (unpaired) electrons. The highest BCUT2D eigenvalue weighted by Crippen LogP contribution is 2.29. The van der Waals surface area contributed by atoms with E-state index in [-0.39, 0.29) is 19.3 Å². The van der Waals surface area contributed by atoms with E-state index in [1.54, 1.807) is 19.4 Å². The average Bonchev–Trinajstić information content (AvgIpc) is 3.12. The third-order valence-electron chi connectivity index (χ3n) is 4.45. The van der Waals surface area contributed by atoms with E-state index >= 15 is 0 Å². The van der Waals surface area contributed by atoms with Gasteiger partial charge in [0.15, 0.2) is 0 Å². The second-order valence-electron chi connectivity index (χ2n) is 6.27. The molecule has 0 bridgehead atoms. The van der Waals surface area contributed by atoms with E-state index in [4.69, 9.17) is 15.0 Å². The van der Waals surface area contributed by atoms with Crippen LogP contribution in [0.1, 0.15) is 18.4 Å². The van der Waals surface area contributed by atoms with Crippen LogP contribution in [-0.4, -0.2) is 65.1 Å². The third-order valence-corrected chi connectivity index (χ3v) is 4.45. The number of benzene rings is 1. The van der Waals surface area contributed by atoms with Crippen molar-refractivity contribution in [2.45, 2.75) is 31.4 Å². The van der Waals surface area contributed by atoms with Crippen molar-refractivity contribution in [2.24, 2.45) is 0 Å². The van der Waals surface area contributed by atoms with Gasteiger partial charge in [0.25, 0.3) is 0 Å². The van der Waals surface area contributed by atoms with Gasteiger partial charge in [-0.15, -0.1) is 0 Å². The van der Waals surface area contributed by atoms with Crippen molar-refractivity contribution in [1.29, 1.82) is 0 Å². The van der Waals surface area contributed by atoms with E-state index in [1.807, 2.05) is 12.1 Å². The van der Waals surface area contributed by atoms with Gasteiger partial charge in [0.1, 0.15) is 17.9 Å². The highest BCUT2D eigenvalue weighted by molar-refractivity contribution is 6.25. The first-order chi connectivity index (χ1) is 13.9. The summed E-state index contributed by atoms with van der Waals surface area (Å²) in [6.45, 7) is 0. The number of hydrogen-bond donors (Lipinski definition) is 3. The summed E-state index contributed by atoms with van der Waals surface area (Å²) < 4.78 is 10.6. The van der Waals surface area contributed by atoms with Gasteiger partial charge in [-0.25, -0.2) is 4.79 Å². The van der Waals surface area contributed by atoms with Crippen LogP contribution in [0.3, 0.4) is 0 Å². The molecule has 0 aliphatic carbocycles. The Labute approximate surface area is 166 Å². The van der Waals surface area contributed by atoms with Crippen molar-refractivity contribution in [3.63, 3.8) is 0 Å². The number of nitrogens with one attached hydrogen (secondary N) is 2. The largest absolute Gasteiger partial charge is 0.496 e. The molecule has 1 aromatic heterocycles. The normalized spacial score (nSPS) is 12.6. The van der Waals surface area contributed by atoms with Crippen LogP contribution in [0.25, 0.3) is 16.4 Å². The maximum Gasteiger partial charge on any atom is 0.326 e. The van der Waals surface area contributed by atoms with Crippen molar-refractivity contribution in [2.75, 3.05) is 14.2 Å². The minimum Gasteiger partial charge on any atom is -0.496 e. The summed E-state index contributed by atoms with van der Waals surface area (Å²) >= 11 is 0. The fourth-order valence-corrected chi connectivity index (χ4v) is 2.97. The van der Waals surface area contributed by atoms with Gasteiger partial charge in [-0.1, -0.05) is 6.07 Å². The van der Waals surface area contributed by atoms with Gasteiger partial charge in [0.05, 0.1) is 7.11 Å². The van der Waals surface area contributed by atoms with Crippen LogP contribution in [0, 0.1) is 0 Å². The van der Waals surface area contributed by atoms with Crippen molar-refractivity contribution in [1.82, 2.24) is 10.3 Å². The second-order valence-corrected chi connectivity index (χ2v) is 6.27. The molecule has 0 fully saturated rings. The van der Waals surface area contributed by atoms with Gasteiger partial charge in [0, 0.05) is 37.1 Å². The van der Waals surface area contributed by atoms with Crippen LogP contribution in [-0.2, 0) is 25.5 Å². The van der Waals surface area contributed by atoms with E-state index in [0.29, 0.717) is 12.0 Å². The number of carbonyl (C=O) groups excluding carboxylic acids is 2. The fourth-order valence-electron chi connectivity index (χ4n) is 2.97.